The quantitative estimate of drug-likeness (QED) is 0.822. The van der Waals surface area contributed by atoms with Crippen LogP contribution in [0.1, 0.15) is 52.2 Å². The third-order valence-corrected chi connectivity index (χ3v) is 6.01. The van der Waals surface area contributed by atoms with E-state index in [1.807, 2.05) is 0 Å². The van der Waals surface area contributed by atoms with Crippen LogP contribution in [0.5, 0.6) is 0 Å². The predicted molar refractivity (Wildman–Crippen MR) is 91.7 cm³/mol. The van der Waals surface area contributed by atoms with E-state index in [2.05, 4.69) is 16.3 Å². The topological polar surface area (TPSA) is 75.4 Å². The number of likely N-dealkylation sites (tertiary alicyclic amines) is 1. The van der Waals surface area contributed by atoms with E-state index in [9.17, 15) is 9.59 Å². The van der Waals surface area contributed by atoms with E-state index in [0.717, 1.165) is 43.6 Å². The molecular formula is C17H25N3O2S. The minimum atomic E-state index is -0.285. The number of primary amides is 1. The minimum absolute atomic E-state index is 0.0661. The van der Waals surface area contributed by atoms with E-state index in [1.54, 1.807) is 11.3 Å². The first-order valence-corrected chi connectivity index (χ1v) is 9.36. The van der Waals surface area contributed by atoms with Crippen LogP contribution in [-0.4, -0.2) is 42.4 Å². The van der Waals surface area contributed by atoms with Crippen LogP contribution in [0.2, 0.25) is 0 Å². The van der Waals surface area contributed by atoms with Crippen molar-refractivity contribution in [3.8, 4) is 0 Å². The summed E-state index contributed by atoms with van der Waals surface area (Å²) in [5.41, 5.74) is 6.61. The smallest absolute Gasteiger partial charge is 0.261 e. The second-order valence-electron chi connectivity index (χ2n) is 6.61. The monoisotopic (exact) mass is 335 g/mol. The predicted octanol–water partition coefficient (Wildman–Crippen LogP) is 1.70. The van der Waals surface area contributed by atoms with E-state index < -0.39 is 0 Å². The molecule has 0 bridgehead atoms. The average Bonchev–Trinajstić information content (AvgIpc) is 2.80. The van der Waals surface area contributed by atoms with Crippen LogP contribution in [0, 0.1) is 0 Å². The third kappa shape index (κ3) is 4.32. The van der Waals surface area contributed by atoms with Crippen molar-refractivity contribution in [2.75, 3.05) is 19.6 Å². The number of aryl methyl sites for hydroxylation is 2. The molecule has 1 aliphatic carbocycles. The molecule has 126 valence electrons. The zero-order valence-electron chi connectivity index (χ0n) is 13.5. The molecule has 0 saturated carbocycles. The highest BCUT2D eigenvalue weighted by atomic mass is 32.1. The summed E-state index contributed by atoms with van der Waals surface area (Å²) >= 11 is 1.67. The number of thiophene rings is 1. The molecule has 0 aromatic carbocycles. The zero-order chi connectivity index (χ0) is 16.2. The van der Waals surface area contributed by atoms with E-state index in [4.69, 9.17) is 5.73 Å². The minimum Gasteiger partial charge on any atom is -0.369 e. The maximum Gasteiger partial charge on any atom is 0.261 e. The standard InChI is InChI=1S/C17H25N3O2S/c18-16(21)11-20-8-6-13(7-9-20)19-17(22)15-10-12-4-2-1-3-5-14(12)23-15/h10,13H,1-9,11H2,(H2,18,21)(H,19,22). The number of rotatable bonds is 4. The average molecular weight is 335 g/mol. The molecule has 1 fully saturated rings. The lowest BCUT2D eigenvalue weighted by Crippen LogP contribution is -2.46. The van der Waals surface area contributed by atoms with Gasteiger partial charge in [0.05, 0.1) is 11.4 Å². The fourth-order valence-corrected chi connectivity index (χ4v) is 4.65. The van der Waals surface area contributed by atoms with Gasteiger partial charge in [0.1, 0.15) is 0 Å². The number of fused-ring (bicyclic) bond motifs is 1. The molecule has 2 heterocycles. The highest BCUT2D eigenvalue weighted by Gasteiger charge is 2.23. The van der Waals surface area contributed by atoms with Crippen LogP contribution in [0.25, 0.3) is 0 Å². The van der Waals surface area contributed by atoms with Gasteiger partial charge in [-0.3, -0.25) is 14.5 Å². The second-order valence-corrected chi connectivity index (χ2v) is 7.75. The molecule has 3 rings (SSSR count). The Labute approximate surface area is 141 Å². The van der Waals surface area contributed by atoms with Gasteiger partial charge >= 0.3 is 0 Å². The Bertz CT molecular complexity index is 553. The number of nitrogens with one attached hydrogen (secondary N) is 1. The number of amides is 2. The zero-order valence-corrected chi connectivity index (χ0v) is 14.3. The van der Waals surface area contributed by atoms with Crippen LogP contribution in [0.4, 0.5) is 0 Å². The van der Waals surface area contributed by atoms with Gasteiger partial charge in [-0.05, 0) is 50.2 Å². The Morgan fingerprint density at radius 2 is 1.96 bits per heavy atom. The van der Waals surface area contributed by atoms with Gasteiger partial charge in [0, 0.05) is 24.0 Å². The summed E-state index contributed by atoms with van der Waals surface area (Å²) in [7, 11) is 0. The van der Waals surface area contributed by atoms with Crippen molar-refractivity contribution in [2.45, 2.75) is 51.0 Å². The van der Waals surface area contributed by atoms with Gasteiger partial charge in [-0.25, -0.2) is 0 Å². The lowest BCUT2D eigenvalue weighted by atomic mass is 10.0. The Balaban J connectivity index is 1.53. The molecule has 1 aromatic rings. The van der Waals surface area contributed by atoms with Crippen molar-refractivity contribution >= 4 is 23.2 Å². The summed E-state index contributed by atoms with van der Waals surface area (Å²) in [5.74, 6) is -0.219. The molecule has 1 saturated heterocycles. The lowest BCUT2D eigenvalue weighted by Gasteiger charge is -2.31. The van der Waals surface area contributed by atoms with Crippen molar-refractivity contribution in [2.24, 2.45) is 5.73 Å². The summed E-state index contributed by atoms with van der Waals surface area (Å²) in [4.78, 5) is 27.8. The number of nitrogens with two attached hydrogens (primary N) is 1. The van der Waals surface area contributed by atoms with E-state index in [1.165, 1.54) is 29.7 Å². The summed E-state index contributed by atoms with van der Waals surface area (Å²) in [6, 6.07) is 2.30. The second kappa shape index (κ2) is 7.45. The van der Waals surface area contributed by atoms with Gasteiger partial charge in [0.2, 0.25) is 5.91 Å². The Hall–Kier alpha value is -1.40. The van der Waals surface area contributed by atoms with Crippen LogP contribution in [-0.2, 0) is 17.6 Å². The highest BCUT2D eigenvalue weighted by molar-refractivity contribution is 7.14. The van der Waals surface area contributed by atoms with Crippen LogP contribution in [0.15, 0.2) is 6.07 Å². The van der Waals surface area contributed by atoms with Crippen molar-refractivity contribution in [3.05, 3.63) is 21.4 Å². The Kier molecular flexibility index (Phi) is 5.33. The van der Waals surface area contributed by atoms with Crippen molar-refractivity contribution in [3.63, 3.8) is 0 Å². The molecule has 0 spiro atoms. The number of hydrogen-bond acceptors (Lipinski definition) is 4. The summed E-state index contributed by atoms with van der Waals surface area (Å²) < 4.78 is 0. The molecule has 0 unspecified atom stereocenters. The van der Waals surface area contributed by atoms with Crippen molar-refractivity contribution in [1.82, 2.24) is 10.2 Å². The van der Waals surface area contributed by atoms with E-state index in [-0.39, 0.29) is 17.9 Å². The van der Waals surface area contributed by atoms with Gasteiger partial charge in [0.25, 0.3) is 5.91 Å². The Morgan fingerprint density at radius 1 is 1.22 bits per heavy atom. The van der Waals surface area contributed by atoms with Gasteiger partial charge in [-0.15, -0.1) is 11.3 Å². The molecule has 1 aromatic heterocycles. The molecule has 1 aliphatic heterocycles. The first kappa shape index (κ1) is 16.5. The summed E-state index contributed by atoms with van der Waals surface area (Å²) in [6.07, 6.45) is 7.78. The molecule has 2 aliphatic rings. The van der Waals surface area contributed by atoms with Gasteiger partial charge in [0.15, 0.2) is 0 Å². The highest BCUT2D eigenvalue weighted by Crippen LogP contribution is 2.29. The number of carbonyl (C=O) groups is 2. The fraction of sp³-hybridized carbons (Fsp3) is 0.647. The summed E-state index contributed by atoms with van der Waals surface area (Å²) in [6.45, 7) is 1.95. The fourth-order valence-electron chi connectivity index (χ4n) is 3.49. The van der Waals surface area contributed by atoms with Crippen LogP contribution >= 0.6 is 11.3 Å². The number of piperidine rings is 1. The summed E-state index contributed by atoms with van der Waals surface area (Å²) in [5, 5.41) is 3.16. The first-order chi connectivity index (χ1) is 11.1. The largest absolute Gasteiger partial charge is 0.369 e. The van der Waals surface area contributed by atoms with Crippen molar-refractivity contribution in [1.29, 1.82) is 0 Å². The number of carbonyl (C=O) groups excluding carboxylic acids is 2. The van der Waals surface area contributed by atoms with Gasteiger partial charge in [-0.1, -0.05) is 6.42 Å². The SMILES string of the molecule is NC(=O)CN1CCC(NC(=O)c2cc3c(s2)CCCCC3)CC1. The third-order valence-electron chi connectivity index (χ3n) is 4.77. The lowest BCUT2D eigenvalue weighted by molar-refractivity contribution is -0.119. The van der Waals surface area contributed by atoms with E-state index in [0.29, 0.717) is 6.54 Å². The molecule has 0 radical (unpaired) electrons. The molecule has 0 atom stereocenters. The molecule has 5 nitrogen and oxygen atoms in total. The molecule has 23 heavy (non-hydrogen) atoms. The molecule has 2 amide bonds. The molecular weight excluding hydrogens is 310 g/mol. The van der Waals surface area contributed by atoms with Crippen LogP contribution < -0.4 is 11.1 Å². The van der Waals surface area contributed by atoms with Crippen molar-refractivity contribution < 1.29 is 9.59 Å². The normalized spacial score (nSPS) is 19.8. The molecule has 3 N–H and O–H groups in total. The first-order valence-electron chi connectivity index (χ1n) is 8.55. The maximum absolute atomic E-state index is 12.5. The maximum atomic E-state index is 12.5. The number of nitrogens with zero attached hydrogens (tertiary/aromatic N) is 1. The van der Waals surface area contributed by atoms with E-state index >= 15 is 0 Å². The Morgan fingerprint density at radius 3 is 2.70 bits per heavy atom. The van der Waals surface area contributed by atoms with Gasteiger partial charge < -0.3 is 11.1 Å². The van der Waals surface area contributed by atoms with Crippen LogP contribution in [0.3, 0.4) is 0 Å². The number of hydrogen-bond donors (Lipinski definition) is 2. The van der Waals surface area contributed by atoms with Gasteiger partial charge in [-0.2, -0.15) is 0 Å². The molecule has 6 heteroatoms.